The highest BCUT2D eigenvalue weighted by Crippen LogP contribution is 2.32. The van der Waals surface area contributed by atoms with Gasteiger partial charge in [0.2, 0.25) is 5.89 Å². The molecule has 6 heteroatoms. The molecule has 0 amide bonds. The van der Waals surface area contributed by atoms with E-state index in [1.165, 1.54) is 25.7 Å². The average molecular weight is 290 g/mol. The molecular formula is C15H22N4O2. The Hall–Kier alpha value is -1.69. The smallest absolute Gasteiger partial charge is 0.243 e. The van der Waals surface area contributed by atoms with Crippen LogP contribution in [-0.2, 0) is 6.54 Å². The molecule has 0 aliphatic heterocycles. The van der Waals surface area contributed by atoms with Crippen molar-refractivity contribution in [3.05, 3.63) is 28.7 Å². The minimum Gasteiger partial charge on any atom is -0.361 e. The van der Waals surface area contributed by atoms with Crippen LogP contribution in [-0.4, -0.2) is 15.3 Å². The Balaban J connectivity index is 1.61. The van der Waals surface area contributed by atoms with Crippen LogP contribution in [0.15, 0.2) is 9.05 Å². The highest BCUT2D eigenvalue weighted by Gasteiger charge is 2.24. The van der Waals surface area contributed by atoms with E-state index in [1.54, 1.807) is 0 Å². The second kappa shape index (κ2) is 5.97. The van der Waals surface area contributed by atoms with Crippen molar-refractivity contribution in [3.63, 3.8) is 0 Å². The summed E-state index contributed by atoms with van der Waals surface area (Å²) in [6.45, 7) is 6.59. The summed E-state index contributed by atoms with van der Waals surface area (Å²) in [5.41, 5.74) is 2.02. The van der Waals surface area contributed by atoms with Crippen molar-refractivity contribution < 1.29 is 9.05 Å². The van der Waals surface area contributed by atoms with Gasteiger partial charge in [0, 0.05) is 18.0 Å². The molecule has 2 heterocycles. The van der Waals surface area contributed by atoms with Crippen LogP contribution in [0.2, 0.25) is 0 Å². The molecule has 1 fully saturated rings. The van der Waals surface area contributed by atoms with E-state index in [2.05, 4.69) is 20.6 Å². The second-order valence-electron chi connectivity index (χ2n) is 5.88. The Kier molecular flexibility index (Phi) is 4.05. The summed E-state index contributed by atoms with van der Waals surface area (Å²) in [6, 6.07) is 0.0151. The summed E-state index contributed by atoms with van der Waals surface area (Å²) in [5, 5.41) is 11.5. The molecule has 1 aliphatic carbocycles. The van der Waals surface area contributed by atoms with E-state index < -0.39 is 0 Å². The summed E-state index contributed by atoms with van der Waals surface area (Å²) in [6.07, 6.45) is 4.91. The fourth-order valence-corrected chi connectivity index (χ4v) is 2.87. The van der Waals surface area contributed by atoms with Gasteiger partial charge >= 0.3 is 0 Å². The van der Waals surface area contributed by atoms with Crippen molar-refractivity contribution in [1.82, 2.24) is 20.6 Å². The van der Waals surface area contributed by atoms with Gasteiger partial charge in [0.25, 0.3) is 0 Å². The Bertz CT molecular complexity index is 579. The molecule has 0 aromatic carbocycles. The van der Waals surface area contributed by atoms with Crippen molar-refractivity contribution >= 4 is 0 Å². The molecule has 0 unspecified atom stereocenters. The third-order valence-corrected chi connectivity index (χ3v) is 4.31. The largest absolute Gasteiger partial charge is 0.361 e. The van der Waals surface area contributed by atoms with Gasteiger partial charge in [-0.2, -0.15) is 4.98 Å². The van der Waals surface area contributed by atoms with Crippen molar-refractivity contribution in [1.29, 1.82) is 0 Å². The van der Waals surface area contributed by atoms with Crippen LogP contribution in [0.1, 0.15) is 73.3 Å². The van der Waals surface area contributed by atoms with Gasteiger partial charge in [-0.15, -0.1) is 0 Å². The Morgan fingerprint density at radius 1 is 1.19 bits per heavy atom. The quantitative estimate of drug-likeness (QED) is 0.911. The SMILES string of the molecule is Cc1noc(C)c1CN[C@@H](C)c1nc(C2CCCC2)no1. The molecule has 114 valence electrons. The maximum absolute atomic E-state index is 5.41. The maximum Gasteiger partial charge on any atom is 0.243 e. The van der Waals surface area contributed by atoms with Gasteiger partial charge in [0.05, 0.1) is 11.7 Å². The van der Waals surface area contributed by atoms with E-state index in [9.17, 15) is 0 Å². The summed E-state index contributed by atoms with van der Waals surface area (Å²) in [7, 11) is 0. The standard InChI is InChI=1S/C15H22N4O2/c1-9-13(11(3)20-18-9)8-16-10(2)15-17-14(19-21-15)12-6-4-5-7-12/h10,12,16H,4-8H2,1-3H3/t10-/m0/s1. The average Bonchev–Trinajstić information content (AvgIpc) is 3.18. The van der Waals surface area contributed by atoms with Gasteiger partial charge in [-0.25, -0.2) is 0 Å². The zero-order chi connectivity index (χ0) is 14.8. The first-order chi connectivity index (χ1) is 10.1. The van der Waals surface area contributed by atoms with Gasteiger partial charge in [0.15, 0.2) is 5.82 Å². The number of rotatable bonds is 5. The van der Waals surface area contributed by atoms with E-state index in [4.69, 9.17) is 9.05 Å². The Morgan fingerprint density at radius 3 is 2.62 bits per heavy atom. The third kappa shape index (κ3) is 3.00. The topological polar surface area (TPSA) is 77.0 Å². The highest BCUT2D eigenvalue weighted by atomic mass is 16.5. The van der Waals surface area contributed by atoms with Gasteiger partial charge in [-0.3, -0.25) is 0 Å². The van der Waals surface area contributed by atoms with Crippen LogP contribution in [0.4, 0.5) is 0 Å². The molecular weight excluding hydrogens is 268 g/mol. The minimum atomic E-state index is 0.0151. The molecule has 1 atom stereocenters. The predicted molar refractivity (Wildman–Crippen MR) is 76.7 cm³/mol. The van der Waals surface area contributed by atoms with Gasteiger partial charge in [-0.1, -0.05) is 23.2 Å². The normalized spacial score (nSPS) is 17.5. The van der Waals surface area contributed by atoms with Crippen molar-refractivity contribution in [2.75, 3.05) is 0 Å². The number of aryl methyl sites for hydroxylation is 2. The Morgan fingerprint density at radius 2 is 1.95 bits per heavy atom. The summed E-state index contributed by atoms with van der Waals surface area (Å²) >= 11 is 0. The van der Waals surface area contributed by atoms with Crippen molar-refractivity contribution in [2.24, 2.45) is 0 Å². The lowest BCUT2D eigenvalue weighted by Gasteiger charge is -2.09. The molecule has 1 saturated carbocycles. The predicted octanol–water partition coefficient (Wildman–Crippen LogP) is 3.18. The summed E-state index contributed by atoms with van der Waals surface area (Å²) in [5.74, 6) is 2.86. The number of aromatic nitrogens is 3. The minimum absolute atomic E-state index is 0.0151. The number of nitrogens with one attached hydrogen (secondary N) is 1. The maximum atomic E-state index is 5.41. The fraction of sp³-hybridized carbons (Fsp3) is 0.667. The van der Waals surface area contributed by atoms with E-state index in [0.717, 1.165) is 22.8 Å². The van der Waals surface area contributed by atoms with Gasteiger partial charge < -0.3 is 14.4 Å². The Labute approximate surface area is 124 Å². The molecule has 0 radical (unpaired) electrons. The lowest BCUT2D eigenvalue weighted by atomic mass is 10.1. The van der Waals surface area contributed by atoms with Crippen LogP contribution in [0.5, 0.6) is 0 Å². The van der Waals surface area contributed by atoms with Crippen molar-refractivity contribution in [3.8, 4) is 0 Å². The molecule has 2 aromatic rings. The summed E-state index contributed by atoms with van der Waals surface area (Å²) in [4.78, 5) is 4.56. The highest BCUT2D eigenvalue weighted by molar-refractivity contribution is 5.20. The molecule has 0 bridgehead atoms. The molecule has 2 aromatic heterocycles. The van der Waals surface area contributed by atoms with E-state index in [-0.39, 0.29) is 6.04 Å². The van der Waals surface area contributed by atoms with Gasteiger partial charge in [-0.05, 0) is 33.6 Å². The summed E-state index contributed by atoms with van der Waals surface area (Å²) < 4.78 is 10.6. The van der Waals surface area contributed by atoms with Crippen molar-refractivity contribution in [2.45, 2.75) is 65.0 Å². The van der Waals surface area contributed by atoms with Gasteiger partial charge in [0.1, 0.15) is 5.76 Å². The molecule has 3 rings (SSSR count). The van der Waals surface area contributed by atoms with Crippen LogP contribution in [0.3, 0.4) is 0 Å². The third-order valence-electron chi connectivity index (χ3n) is 4.31. The first-order valence-corrected chi connectivity index (χ1v) is 7.63. The molecule has 0 spiro atoms. The van der Waals surface area contributed by atoms with E-state index >= 15 is 0 Å². The van der Waals surface area contributed by atoms with Crippen LogP contribution in [0.25, 0.3) is 0 Å². The lowest BCUT2D eigenvalue weighted by molar-refractivity contribution is 0.333. The van der Waals surface area contributed by atoms with E-state index in [0.29, 0.717) is 18.4 Å². The first kappa shape index (κ1) is 14.3. The molecule has 6 nitrogen and oxygen atoms in total. The molecule has 21 heavy (non-hydrogen) atoms. The first-order valence-electron chi connectivity index (χ1n) is 7.63. The van der Waals surface area contributed by atoms with E-state index in [1.807, 2.05) is 20.8 Å². The molecule has 1 N–H and O–H groups in total. The molecule has 0 saturated heterocycles. The van der Waals surface area contributed by atoms with Crippen LogP contribution < -0.4 is 5.32 Å². The number of hydrogen-bond acceptors (Lipinski definition) is 6. The zero-order valence-electron chi connectivity index (χ0n) is 12.8. The fourth-order valence-electron chi connectivity index (χ4n) is 2.87. The molecule has 1 aliphatic rings. The monoisotopic (exact) mass is 290 g/mol. The zero-order valence-corrected chi connectivity index (χ0v) is 12.8. The lowest BCUT2D eigenvalue weighted by Crippen LogP contribution is -2.19. The number of nitrogens with zero attached hydrogens (tertiary/aromatic N) is 3. The van der Waals surface area contributed by atoms with Crippen LogP contribution >= 0.6 is 0 Å². The number of hydrogen-bond donors (Lipinski definition) is 1. The van der Waals surface area contributed by atoms with Crippen LogP contribution in [0, 0.1) is 13.8 Å². The second-order valence-corrected chi connectivity index (χ2v) is 5.88.